The molecule has 0 atom stereocenters. The molecular formula is C14H18N2O. The Balaban J connectivity index is 2.64. The van der Waals surface area contributed by atoms with Gasteiger partial charge >= 0.3 is 0 Å². The Kier molecular flexibility index (Phi) is 5.25. The molecule has 0 saturated heterocycles. The van der Waals surface area contributed by atoms with E-state index in [0.29, 0.717) is 24.2 Å². The minimum atomic E-state index is -0.0134. The molecule has 0 aliphatic heterocycles. The maximum Gasteiger partial charge on any atom is 0.224 e. The lowest BCUT2D eigenvalue weighted by Gasteiger charge is -2.08. The summed E-state index contributed by atoms with van der Waals surface area (Å²) >= 11 is 0. The number of hydrogen-bond acceptors (Lipinski definition) is 2. The summed E-state index contributed by atoms with van der Waals surface area (Å²) in [7, 11) is 0. The molecule has 0 aromatic heterocycles. The Bertz CT molecular complexity index is 432. The number of carbonyl (C=O) groups is 1. The summed E-state index contributed by atoms with van der Waals surface area (Å²) in [4.78, 5) is 11.6. The molecule has 0 bridgehead atoms. The second-order valence-corrected chi connectivity index (χ2v) is 3.99. The lowest BCUT2D eigenvalue weighted by molar-refractivity contribution is -0.116. The standard InChI is InChI=1S/C14H18N2O/c1-3-12-8-7-11(2)10-13(12)16-14(17)6-4-5-9-15/h1,7-8,10H,4-6,9,15H2,2H3,(H,16,17). The van der Waals surface area contributed by atoms with Crippen LogP contribution in [0, 0.1) is 19.3 Å². The Morgan fingerprint density at radius 3 is 2.88 bits per heavy atom. The molecule has 0 fully saturated rings. The highest BCUT2D eigenvalue weighted by atomic mass is 16.1. The summed E-state index contributed by atoms with van der Waals surface area (Å²) in [5.74, 6) is 2.55. The fourth-order valence-corrected chi connectivity index (χ4v) is 1.53. The third kappa shape index (κ3) is 4.29. The first-order valence-electron chi connectivity index (χ1n) is 5.74. The fourth-order valence-electron chi connectivity index (χ4n) is 1.53. The molecule has 0 aliphatic rings. The zero-order valence-electron chi connectivity index (χ0n) is 10.1. The van der Waals surface area contributed by atoms with E-state index < -0.39 is 0 Å². The van der Waals surface area contributed by atoms with E-state index in [2.05, 4.69) is 11.2 Å². The van der Waals surface area contributed by atoms with Crippen molar-refractivity contribution in [3.63, 3.8) is 0 Å². The molecule has 1 aromatic rings. The maximum atomic E-state index is 11.6. The van der Waals surface area contributed by atoms with Crippen LogP contribution in [0.3, 0.4) is 0 Å². The van der Waals surface area contributed by atoms with E-state index in [0.717, 1.165) is 18.4 Å². The molecule has 3 nitrogen and oxygen atoms in total. The molecule has 0 spiro atoms. The number of benzene rings is 1. The summed E-state index contributed by atoms with van der Waals surface area (Å²) in [6.07, 6.45) is 7.53. The predicted molar refractivity (Wildman–Crippen MR) is 70.6 cm³/mol. The molecule has 0 saturated carbocycles. The van der Waals surface area contributed by atoms with Gasteiger partial charge in [-0.1, -0.05) is 12.0 Å². The van der Waals surface area contributed by atoms with Gasteiger partial charge in [-0.05, 0) is 44.0 Å². The number of aryl methyl sites for hydroxylation is 1. The Morgan fingerprint density at radius 2 is 2.24 bits per heavy atom. The van der Waals surface area contributed by atoms with Crippen LogP contribution >= 0.6 is 0 Å². The van der Waals surface area contributed by atoms with Gasteiger partial charge in [-0.2, -0.15) is 0 Å². The van der Waals surface area contributed by atoms with Crippen molar-refractivity contribution in [1.82, 2.24) is 0 Å². The second-order valence-electron chi connectivity index (χ2n) is 3.99. The third-order valence-corrected chi connectivity index (χ3v) is 2.46. The van der Waals surface area contributed by atoms with Gasteiger partial charge in [0.25, 0.3) is 0 Å². The number of nitrogens with one attached hydrogen (secondary N) is 1. The smallest absolute Gasteiger partial charge is 0.224 e. The molecular weight excluding hydrogens is 212 g/mol. The third-order valence-electron chi connectivity index (χ3n) is 2.46. The van der Waals surface area contributed by atoms with E-state index in [1.54, 1.807) is 0 Å². The Morgan fingerprint density at radius 1 is 1.47 bits per heavy atom. The molecule has 90 valence electrons. The van der Waals surface area contributed by atoms with Crippen LogP contribution in [0.2, 0.25) is 0 Å². The van der Waals surface area contributed by atoms with Gasteiger partial charge in [-0.3, -0.25) is 4.79 Å². The number of unbranched alkanes of at least 4 members (excludes halogenated alkanes) is 1. The summed E-state index contributed by atoms with van der Waals surface area (Å²) in [6.45, 7) is 2.58. The van der Waals surface area contributed by atoms with Crippen LogP contribution in [0.5, 0.6) is 0 Å². The molecule has 0 radical (unpaired) electrons. The number of terminal acetylenes is 1. The highest BCUT2D eigenvalue weighted by molar-refractivity contribution is 5.92. The summed E-state index contributed by atoms with van der Waals surface area (Å²) < 4.78 is 0. The molecule has 0 aliphatic carbocycles. The van der Waals surface area contributed by atoms with E-state index >= 15 is 0 Å². The average molecular weight is 230 g/mol. The van der Waals surface area contributed by atoms with E-state index in [9.17, 15) is 4.79 Å². The zero-order valence-corrected chi connectivity index (χ0v) is 10.1. The van der Waals surface area contributed by atoms with Gasteiger partial charge in [0.2, 0.25) is 5.91 Å². The normalized spacial score (nSPS) is 9.71. The number of rotatable bonds is 5. The lowest BCUT2D eigenvalue weighted by Crippen LogP contribution is -2.13. The number of amides is 1. The Labute approximate surface area is 102 Å². The van der Waals surface area contributed by atoms with E-state index in [-0.39, 0.29) is 5.91 Å². The van der Waals surface area contributed by atoms with Crippen LogP contribution in [0.15, 0.2) is 18.2 Å². The largest absolute Gasteiger partial charge is 0.330 e. The molecule has 0 heterocycles. The van der Waals surface area contributed by atoms with Crippen LogP contribution in [-0.4, -0.2) is 12.5 Å². The van der Waals surface area contributed by atoms with Crippen LogP contribution in [-0.2, 0) is 4.79 Å². The van der Waals surface area contributed by atoms with Crippen molar-refractivity contribution in [3.8, 4) is 12.3 Å². The lowest BCUT2D eigenvalue weighted by atomic mass is 10.1. The summed E-state index contributed by atoms with van der Waals surface area (Å²) in [6, 6.07) is 5.65. The minimum absolute atomic E-state index is 0.0134. The fraction of sp³-hybridized carbons (Fsp3) is 0.357. The van der Waals surface area contributed by atoms with Crippen LogP contribution < -0.4 is 11.1 Å². The maximum absolute atomic E-state index is 11.6. The Hall–Kier alpha value is -1.79. The van der Waals surface area contributed by atoms with Gasteiger partial charge < -0.3 is 11.1 Å². The van der Waals surface area contributed by atoms with Crippen LogP contribution in [0.25, 0.3) is 0 Å². The van der Waals surface area contributed by atoms with Gasteiger partial charge in [0.05, 0.1) is 5.69 Å². The first kappa shape index (κ1) is 13.3. The van der Waals surface area contributed by atoms with Crippen molar-refractivity contribution < 1.29 is 4.79 Å². The van der Waals surface area contributed by atoms with Gasteiger partial charge in [-0.25, -0.2) is 0 Å². The molecule has 3 N–H and O–H groups in total. The van der Waals surface area contributed by atoms with Crippen LogP contribution in [0.4, 0.5) is 5.69 Å². The van der Waals surface area contributed by atoms with Gasteiger partial charge in [0.1, 0.15) is 0 Å². The van der Waals surface area contributed by atoms with Crippen molar-refractivity contribution in [2.45, 2.75) is 26.2 Å². The minimum Gasteiger partial charge on any atom is -0.330 e. The molecule has 1 rings (SSSR count). The van der Waals surface area contributed by atoms with Crippen molar-refractivity contribution in [3.05, 3.63) is 29.3 Å². The number of hydrogen-bond donors (Lipinski definition) is 2. The SMILES string of the molecule is C#Cc1ccc(C)cc1NC(=O)CCCCN. The topological polar surface area (TPSA) is 55.1 Å². The first-order chi connectivity index (χ1) is 8.17. The van der Waals surface area contributed by atoms with Gasteiger partial charge in [-0.15, -0.1) is 6.42 Å². The van der Waals surface area contributed by atoms with Crippen molar-refractivity contribution >= 4 is 11.6 Å². The van der Waals surface area contributed by atoms with Crippen molar-refractivity contribution in [2.75, 3.05) is 11.9 Å². The highest BCUT2D eigenvalue weighted by Gasteiger charge is 2.05. The molecule has 3 heteroatoms. The second kappa shape index (κ2) is 6.72. The number of nitrogens with two attached hydrogens (primary N) is 1. The monoisotopic (exact) mass is 230 g/mol. The average Bonchev–Trinajstić information content (AvgIpc) is 2.29. The molecule has 1 amide bonds. The number of carbonyl (C=O) groups excluding carboxylic acids is 1. The predicted octanol–water partition coefficient (Wildman–Crippen LogP) is 2.04. The van der Waals surface area contributed by atoms with Crippen molar-refractivity contribution in [1.29, 1.82) is 0 Å². The summed E-state index contributed by atoms with van der Waals surface area (Å²) in [5.41, 5.74) is 7.87. The number of anilines is 1. The van der Waals surface area contributed by atoms with Gasteiger partial charge in [0, 0.05) is 12.0 Å². The molecule has 17 heavy (non-hydrogen) atoms. The van der Waals surface area contributed by atoms with Crippen molar-refractivity contribution in [2.24, 2.45) is 5.73 Å². The first-order valence-corrected chi connectivity index (χ1v) is 5.74. The van der Waals surface area contributed by atoms with Crippen LogP contribution in [0.1, 0.15) is 30.4 Å². The van der Waals surface area contributed by atoms with E-state index in [1.807, 2.05) is 25.1 Å². The summed E-state index contributed by atoms with van der Waals surface area (Å²) in [5, 5.41) is 2.84. The van der Waals surface area contributed by atoms with E-state index in [4.69, 9.17) is 12.2 Å². The van der Waals surface area contributed by atoms with Gasteiger partial charge in [0.15, 0.2) is 0 Å². The highest BCUT2D eigenvalue weighted by Crippen LogP contribution is 2.17. The zero-order chi connectivity index (χ0) is 12.7. The van der Waals surface area contributed by atoms with E-state index in [1.165, 1.54) is 0 Å². The quantitative estimate of drug-likeness (QED) is 0.601. The molecule has 1 aromatic carbocycles. The molecule has 0 unspecified atom stereocenters.